The van der Waals surface area contributed by atoms with Crippen molar-refractivity contribution < 1.29 is 9.53 Å². The largest absolute Gasteiger partial charge is 0.348 e. The number of rotatable bonds is 4. The molecule has 0 amide bonds. The molecule has 0 unspecified atom stereocenters. The first-order chi connectivity index (χ1) is 5.22. The van der Waals surface area contributed by atoms with Crippen LogP contribution in [0.1, 0.15) is 26.2 Å². The third kappa shape index (κ3) is 4.15. The van der Waals surface area contributed by atoms with Crippen LogP contribution in [0.3, 0.4) is 0 Å². The maximum absolute atomic E-state index is 10.7. The lowest BCUT2D eigenvalue weighted by molar-refractivity contribution is -0.132. The molecule has 3 nitrogen and oxygen atoms in total. The van der Waals surface area contributed by atoms with E-state index >= 15 is 0 Å². The van der Waals surface area contributed by atoms with Gasteiger partial charge >= 0.3 is 5.97 Å². The average Bonchev–Trinajstić information content (AvgIpc) is 2.00. The zero-order valence-corrected chi connectivity index (χ0v) is 6.59. The predicted molar refractivity (Wildman–Crippen MR) is 40.4 cm³/mol. The van der Waals surface area contributed by atoms with Gasteiger partial charge < -0.3 is 4.74 Å². The highest BCUT2D eigenvalue weighted by atomic mass is 16.5. The number of ether oxygens (including phenoxy) is 1. The van der Waals surface area contributed by atoms with Gasteiger partial charge in [-0.05, 0) is 12.8 Å². The van der Waals surface area contributed by atoms with E-state index in [1.165, 1.54) is 6.26 Å². The van der Waals surface area contributed by atoms with Crippen molar-refractivity contribution in [3.05, 3.63) is 12.2 Å². The number of esters is 1. The number of hydrogen-bond acceptors (Lipinski definition) is 3. The highest BCUT2D eigenvalue weighted by Crippen LogP contribution is 2.05. The Morgan fingerprint density at radius 1 is 1.73 bits per heavy atom. The fraction of sp³-hybridized carbons (Fsp3) is 0.500. The second kappa shape index (κ2) is 5.48. The molecule has 11 heavy (non-hydrogen) atoms. The molecule has 0 rings (SSSR count). The van der Waals surface area contributed by atoms with Crippen molar-refractivity contribution in [1.82, 2.24) is 0 Å². The van der Waals surface area contributed by atoms with E-state index in [4.69, 9.17) is 5.26 Å². The number of carbonyl (C=O) groups excluding carboxylic acids is 1. The highest BCUT2D eigenvalue weighted by molar-refractivity contribution is 5.88. The molecule has 0 aromatic carbocycles. The van der Waals surface area contributed by atoms with Crippen LogP contribution in [0.4, 0.5) is 0 Å². The molecule has 0 atom stereocenters. The Morgan fingerprint density at radius 3 is 2.82 bits per heavy atom. The standard InChI is InChI=1S/C8H11NO2/c1-3-4-5-7(2)8(10)11-6-9/h2-5H2,1H3. The third-order valence-electron chi connectivity index (χ3n) is 1.26. The molecule has 60 valence electrons. The van der Waals surface area contributed by atoms with Gasteiger partial charge in [0, 0.05) is 5.57 Å². The van der Waals surface area contributed by atoms with Crippen molar-refractivity contribution >= 4 is 5.97 Å². The first-order valence-electron chi connectivity index (χ1n) is 3.50. The molecule has 3 heteroatoms. The van der Waals surface area contributed by atoms with Crippen molar-refractivity contribution in [2.24, 2.45) is 0 Å². The van der Waals surface area contributed by atoms with E-state index in [9.17, 15) is 4.79 Å². The van der Waals surface area contributed by atoms with Crippen LogP contribution >= 0.6 is 0 Å². The Morgan fingerprint density at radius 2 is 2.36 bits per heavy atom. The van der Waals surface area contributed by atoms with Gasteiger partial charge in [0.25, 0.3) is 6.26 Å². The molecule has 0 N–H and O–H groups in total. The molecule has 0 heterocycles. The minimum atomic E-state index is -0.610. The van der Waals surface area contributed by atoms with Crippen LogP contribution in [-0.4, -0.2) is 5.97 Å². The maximum Gasteiger partial charge on any atom is 0.348 e. The molecule has 0 bridgehead atoms. The van der Waals surface area contributed by atoms with Gasteiger partial charge in [0.15, 0.2) is 0 Å². The molecule has 0 aromatic heterocycles. The quantitative estimate of drug-likeness (QED) is 0.351. The number of hydrogen-bond donors (Lipinski definition) is 0. The fourth-order valence-electron chi connectivity index (χ4n) is 0.606. The van der Waals surface area contributed by atoms with Crippen LogP contribution < -0.4 is 0 Å². The molecular weight excluding hydrogens is 142 g/mol. The van der Waals surface area contributed by atoms with Crippen LogP contribution in [0, 0.1) is 11.5 Å². The molecule has 0 radical (unpaired) electrons. The van der Waals surface area contributed by atoms with E-state index in [1.807, 2.05) is 6.92 Å². The summed E-state index contributed by atoms with van der Waals surface area (Å²) in [5, 5.41) is 7.98. The first-order valence-corrected chi connectivity index (χ1v) is 3.50. The Hall–Kier alpha value is -1.30. The van der Waals surface area contributed by atoms with Crippen molar-refractivity contribution in [2.45, 2.75) is 26.2 Å². The molecule has 0 spiro atoms. The molecule has 0 aromatic rings. The molecule has 0 aliphatic rings. The van der Waals surface area contributed by atoms with E-state index in [-0.39, 0.29) is 0 Å². The van der Waals surface area contributed by atoms with Crippen molar-refractivity contribution in [2.75, 3.05) is 0 Å². The van der Waals surface area contributed by atoms with E-state index in [1.54, 1.807) is 0 Å². The topological polar surface area (TPSA) is 50.1 Å². The number of nitrogens with zero attached hydrogens (tertiary/aromatic N) is 1. The highest BCUT2D eigenvalue weighted by Gasteiger charge is 2.06. The van der Waals surface area contributed by atoms with Crippen LogP contribution in [0.5, 0.6) is 0 Å². The summed E-state index contributed by atoms with van der Waals surface area (Å²) < 4.78 is 4.07. The van der Waals surface area contributed by atoms with Crippen LogP contribution in [0.2, 0.25) is 0 Å². The molecule has 0 saturated carbocycles. The molecule has 0 aliphatic heterocycles. The zero-order valence-electron chi connectivity index (χ0n) is 6.59. The van der Waals surface area contributed by atoms with E-state index < -0.39 is 5.97 Å². The average molecular weight is 153 g/mol. The van der Waals surface area contributed by atoms with Gasteiger partial charge in [0.2, 0.25) is 0 Å². The number of nitriles is 1. The van der Waals surface area contributed by atoms with Crippen molar-refractivity contribution in [1.29, 1.82) is 5.26 Å². The SMILES string of the molecule is C=C(CCCC)C(=O)OC#N. The van der Waals surface area contributed by atoms with Gasteiger partial charge in [-0.2, -0.15) is 0 Å². The van der Waals surface area contributed by atoms with Gasteiger partial charge in [0.05, 0.1) is 0 Å². The van der Waals surface area contributed by atoms with Crippen LogP contribution in [0.15, 0.2) is 12.2 Å². The minimum absolute atomic E-state index is 0.369. The van der Waals surface area contributed by atoms with Gasteiger partial charge in [-0.15, -0.1) is 5.26 Å². The monoisotopic (exact) mass is 153 g/mol. The smallest absolute Gasteiger partial charge is 0.347 e. The minimum Gasteiger partial charge on any atom is -0.347 e. The van der Waals surface area contributed by atoms with Gasteiger partial charge in [-0.1, -0.05) is 19.9 Å². The first kappa shape index (κ1) is 9.70. The second-order valence-electron chi connectivity index (χ2n) is 2.19. The summed E-state index contributed by atoms with van der Waals surface area (Å²) in [4.78, 5) is 10.7. The van der Waals surface area contributed by atoms with Crippen molar-refractivity contribution in [3.63, 3.8) is 0 Å². The summed E-state index contributed by atoms with van der Waals surface area (Å²) >= 11 is 0. The second-order valence-corrected chi connectivity index (χ2v) is 2.19. The van der Waals surface area contributed by atoms with Gasteiger partial charge in [-0.25, -0.2) is 4.79 Å². The van der Waals surface area contributed by atoms with Crippen LogP contribution in [-0.2, 0) is 9.53 Å². The lowest BCUT2D eigenvalue weighted by Crippen LogP contribution is -2.02. The van der Waals surface area contributed by atoms with Crippen molar-refractivity contribution in [3.8, 4) is 6.26 Å². The molecular formula is C8H11NO2. The molecule has 0 saturated heterocycles. The van der Waals surface area contributed by atoms with E-state index in [2.05, 4.69) is 11.3 Å². The Labute approximate surface area is 66.3 Å². The van der Waals surface area contributed by atoms with Crippen LogP contribution in [0.25, 0.3) is 0 Å². The Balaban J connectivity index is 3.67. The summed E-state index contributed by atoms with van der Waals surface area (Å²) in [5.41, 5.74) is 0.369. The normalized spacial score (nSPS) is 8.36. The molecule has 0 fully saturated rings. The summed E-state index contributed by atoms with van der Waals surface area (Å²) in [6.45, 7) is 5.50. The summed E-state index contributed by atoms with van der Waals surface area (Å²) in [6, 6.07) is 0. The number of carbonyl (C=O) groups is 1. The lowest BCUT2D eigenvalue weighted by Gasteiger charge is -1.98. The summed E-state index contributed by atoms with van der Waals surface area (Å²) in [7, 11) is 0. The lowest BCUT2D eigenvalue weighted by atomic mass is 10.1. The van der Waals surface area contributed by atoms with E-state index in [0.717, 1.165) is 12.8 Å². The van der Waals surface area contributed by atoms with Gasteiger partial charge in [0.1, 0.15) is 0 Å². The third-order valence-corrected chi connectivity index (χ3v) is 1.26. The predicted octanol–water partition coefficient (Wildman–Crippen LogP) is 1.76. The Kier molecular flexibility index (Phi) is 4.83. The van der Waals surface area contributed by atoms with E-state index in [0.29, 0.717) is 12.0 Å². The maximum atomic E-state index is 10.7. The van der Waals surface area contributed by atoms with Gasteiger partial charge in [-0.3, -0.25) is 0 Å². The summed E-state index contributed by atoms with van der Waals surface area (Å²) in [6.07, 6.45) is 3.82. The summed E-state index contributed by atoms with van der Waals surface area (Å²) in [5.74, 6) is -0.610. The molecule has 0 aliphatic carbocycles. The number of unbranched alkanes of at least 4 members (excludes halogenated alkanes) is 1. The fourth-order valence-corrected chi connectivity index (χ4v) is 0.606. The zero-order chi connectivity index (χ0) is 8.69. The Bertz CT molecular complexity index is 191.